The van der Waals surface area contributed by atoms with Crippen LogP contribution in [0.4, 0.5) is 0 Å². The smallest absolute Gasteiger partial charge is 0.397 e. The zero-order valence-corrected chi connectivity index (χ0v) is 19.1. The van der Waals surface area contributed by atoms with Gasteiger partial charge in [0.05, 0.1) is 13.2 Å². The third-order valence-electron chi connectivity index (χ3n) is 5.33. The van der Waals surface area contributed by atoms with Crippen LogP contribution in [0.3, 0.4) is 0 Å². The Morgan fingerprint density at radius 3 is 1.97 bits per heavy atom. The molecule has 188 valence electrons. The normalized spacial score (nSPS) is 38.5. The summed E-state index contributed by atoms with van der Waals surface area (Å²) in [5, 5.41) is 9.60. The zero-order valence-electron chi connectivity index (χ0n) is 18.3. The van der Waals surface area contributed by atoms with E-state index in [9.17, 15) is 18.3 Å². The lowest BCUT2D eigenvalue weighted by Gasteiger charge is -2.47. The highest BCUT2D eigenvalue weighted by molar-refractivity contribution is 7.80. The van der Waals surface area contributed by atoms with Gasteiger partial charge in [-0.1, -0.05) is 0 Å². The lowest BCUT2D eigenvalue weighted by molar-refractivity contribution is -0.342. The third-order valence-corrected chi connectivity index (χ3v) is 5.76. The number of ether oxygens (including phenoxy) is 8. The van der Waals surface area contributed by atoms with Gasteiger partial charge in [-0.25, -0.2) is 8.98 Å². The van der Waals surface area contributed by atoms with E-state index in [-0.39, 0.29) is 6.61 Å². The zero-order chi connectivity index (χ0) is 24.1. The highest BCUT2D eigenvalue weighted by atomic mass is 32.3. The number of hydrogen-bond acceptors (Lipinski definition) is 12. The first-order chi connectivity index (χ1) is 15.1. The highest BCUT2D eigenvalue weighted by Crippen LogP contribution is 2.32. The molecule has 0 aromatic rings. The molecule has 2 aliphatic heterocycles. The van der Waals surface area contributed by atoms with E-state index >= 15 is 0 Å². The predicted octanol–water partition coefficient (Wildman–Crippen LogP) is -1.53. The molecule has 0 saturated carbocycles. The van der Waals surface area contributed by atoms with E-state index in [1.807, 2.05) is 0 Å². The second-order valence-corrected chi connectivity index (χ2v) is 8.11. The van der Waals surface area contributed by atoms with Crippen LogP contribution in [0, 0.1) is 0 Å². The van der Waals surface area contributed by atoms with Crippen molar-refractivity contribution >= 4 is 16.4 Å². The maximum Gasteiger partial charge on any atom is 0.397 e. The Morgan fingerprint density at radius 1 is 0.906 bits per heavy atom. The topological polar surface area (TPSA) is 175 Å². The van der Waals surface area contributed by atoms with E-state index in [4.69, 9.17) is 42.4 Å². The summed E-state index contributed by atoms with van der Waals surface area (Å²) in [6, 6.07) is 0. The van der Waals surface area contributed by atoms with Gasteiger partial charge in [0.25, 0.3) is 0 Å². The number of carboxylic acids is 1. The summed E-state index contributed by atoms with van der Waals surface area (Å²) in [6.45, 7) is -0.673. The van der Waals surface area contributed by atoms with Crippen LogP contribution in [0.1, 0.15) is 0 Å². The predicted molar refractivity (Wildman–Crippen MR) is 102 cm³/mol. The van der Waals surface area contributed by atoms with Gasteiger partial charge in [0.15, 0.2) is 12.4 Å². The molecular formula is C17H30O14S. The minimum Gasteiger partial charge on any atom is -0.479 e. The lowest BCUT2D eigenvalue weighted by atomic mass is 9.96. The van der Waals surface area contributed by atoms with Crippen molar-refractivity contribution in [1.29, 1.82) is 0 Å². The molecule has 0 aromatic carbocycles. The van der Waals surface area contributed by atoms with Crippen LogP contribution in [-0.4, -0.2) is 128 Å². The van der Waals surface area contributed by atoms with Gasteiger partial charge in [0, 0.05) is 35.5 Å². The molecule has 0 aliphatic carbocycles. The standard InChI is InChI=1S/C17H30O14S/c1-23-8-6-28-14(16(18)19)13(10(8)24-2)31-17-15(27-5)12(26-4)11(25-3)9(30-17)7-29-32(20,21)22/h8-15,17H,6-7H2,1-5H3,(H,18,19)(H,20,21,22)/t8?,9?,10?,11-,12?,13-,14?,15?,17+/m1/s1. The summed E-state index contributed by atoms with van der Waals surface area (Å²) < 4.78 is 79.7. The van der Waals surface area contributed by atoms with E-state index in [0.717, 1.165) is 0 Å². The van der Waals surface area contributed by atoms with Crippen LogP contribution in [0.5, 0.6) is 0 Å². The molecule has 6 unspecified atom stereocenters. The van der Waals surface area contributed by atoms with Crippen molar-refractivity contribution in [3.8, 4) is 0 Å². The molecule has 15 heteroatoms. The largest absolute Gasteiger partial charge is 0.479 e. The van der Waals surface area contributed by atoms with Crippen LogP contribution in [0.2, 0.25) is 0 Å². The first-order valence-electron chi connectivity index (χ1n) is 9.52. The Balaban J connectivity index is 2.34. The van der Waals surface area contributed by atoms with Crippen molar-refractivity contribution < 1.29 is 64.9 Å². The van der Waals surface area contributed by atoms with Crippen LogP contribution in [-0.2, 0) is 57.3 Å². The molecule has 2 rings (SSSR count). The quantitative estimate of drug-likeness (QED) is 0.319. The summed E-state index contributed by atoms with van der Waals surface area (Å²) in [5.41, 5.74) is 0. The van der Waals surface area contributed by atoms with Crippen molar-refractivity contribution in [3.05, 3.63) is 0 Å². The summed E-state index contributed by atoms with van der Waals surface area (Å²) in [5.74, 6) is -1.29. The molecule has 2 N–H and O–H groups in total. The minimum absolute atomic E-state index is 0.0394. The second kappa shape index (κ2) is 11.9. The molecule has 9 atom stereocenters. The monoisotopic (exact) mass is 490 g/mol. The fourth-order valence-electron chi connectivity index (χ4n) is 3.85. The molecule has 14 nitrogen and oxygen atoms in total. The fourth-order valence-corrected chi connectivity index (χ4v) is 4.16. The fraction of sp³-hybridized carbons (Fsp3) is 0.941. The molecule has 0 spiro atoms. The Morgan fingerprint density at radius 2 is 1.50 bits per heavy atom. The number of hydrogen-bond donors (Lipinski definition) is 2. The first kappa shape index (κ1) is 27.3. The maximum absolute atomic E-state index is 11.8. The number of rotatable bonds is 11. The minimum atomic E-state index is -4.77. The summed E-state index contributed by atoms with van der Waals surface area (Å²) in [4.78, 5) is 11.8. The van der Waals surface area contributed by atoms with E-state index < -0.39 is 78.1 Å². The molecule has 0 bridgehead atoms. The van der Waals surface area contributed by atoms with Gasteiger partial charge in [0.2, 0.25) is 0 Å². The maximum atomic E-state index is 11.8. The van der Waals surface area contributed by atoms with E-state index in [1.165, 1.54) is 35.5 Å². The molecular weight excluding hydrogens is 460 g/mol. The summed E-state index contributed by atoms with van der Waals surface area (Å²) >= 11 is 0. The van der Waals surface area contributed by atoms with Crippen LogP contribution >= 0.6 is 0 Å². The average molecular weight is 490 g/mol. The van der Waals surface area contributed by atoms with E-state index in [2.05, 4.69) is 4.18 Å². The van der Waals surface area contributed by atoms with Gasteiger partial charge >= 0.3 is 16.4 Å². The van der Waals surface area contributed by atoms with Crippen molar-refractivity contribution in [2.45, 2.75) is 55.1 Å². The number of methoxy groups -OCH3 is 5. The van der Waals surface area contributed by atoms with Crippen LogP contribution in [0.25, 0.3) is 0 Å². The van der Waals surface area contributed by atoms with Crippen molar-refractivity contribution in [1.82, 2.24) is 0 Å². The number of carboxylic acid groups (broad SMARTS) is 1. The van der Waals surface area contributed by atoms with Crippen molar-refractivity contribution in [2.75, 3.05) is 48.8 Å². The average Bonchev–Trinajstić information content (AvgIpc) is 2.75. The van der Waals surface area contributed by atoms with Crippen molar-refractivity contribution in [3.63, 3.8) is 0 Å². The van der Waals surface area contributed by atoms with Gasteiger partial charge in [-0.3, -0.25) is 4.55 Å². The second-order valence-electron chi connectivity index (χ2n) is 7.02. The number of aliphatic carboxylic acids is 1. The Hall–Kier alpha value is -0.980. The number of carbonyl (C=O) groups is 1. The Labute approximate surface area is 185 Å². The van der Waals surface area contributed by atoms with Gasteiger partial charge in [-0.05, 0) is 0 Å². The molecule has 0 radical (unpaired) electrons. The van der Waals surface area contributed by atoms with Gasteiger partial charge < -0.3 is 43.0 Å². The van der Waals surface area contributed by atoms with Gasteiger partial charge in [0.1, 0.15) is 42.7 Å². The molecule has 0 amide bonds. The van der Waals surface area contributed by atoms with Crippen molar-refractivity contribution in [2.24, 2.45) is 0 Å². The molecule has 32 heavy (non-hydrogen) atoms. The third kappa shape index (κ3) is 6.32. The first-order valence-corrected chi connectivity index (χ1v) is 10.9. The molecule has 2 aliphatic rings. The molecule has 2 saturated heterocycles. The van der Waals surface area contributed by atoms with Crippen LogP contribution < -0.4 is 0 Å². The summed E-state index contributed by atoms with van der Waals surface area (Å²) in [6.07, 6.45) is -9.12. The van der Waals surface area contributed by atoms with Crippen LogP contribution in [0.15, 0.2) is 0 Å². The van der Waals surface area contributed by atoms with E-state index in [1.54, 1.807) is 0 Å². The molecule has 0 aromatic heterocycles. The van der Waals surface area contributed by atoms with Gasteiger partial charge in [-0.2, -0.15) is 8.42 Å². The van der Waals surface area contributed by atoms with Gasteiger partial charge in [-0.15, -0.1) is 0 Å². The highest BCUT2D eigenvalue weighted by Gasteiger charge is 2.52. The Kier molecular flexibility index (Phi) is 10.2. The molecule has 2 fully saturated rings. The summed E-state index contributed by atoms with van der Waals surface area (Å²) in [7, 11) is 2.08. The molecule has 2 heterocycles. The lowest BCUT2D eigenvalue weighted by Crippen LogP contribution is -2.65. The Bertz CT molecular complexity index is 701. The SMILES string of the molecule is COC1COC(C(=O)O)[C@H](O[C@@H]2OC(COS(=O)(=O)O)[C@@H](OC)C(OC)C2OC)C1OC. The van der Waals surface area contributed by atoms with E-state index in [0.29, 0.717) is 0 Å².